The van der Waals surface area contributed by atoms with Crippen LogP contribution in [0, 0.1) is 0 Å². The number of aliphatic imine (C=N–C) groups is 1. The van der Waals surface area contributed by atoms with Gasteiger partial charge in [-0.1, -0.05) is 34.1 Å². The van der Waals surface area contributed by atoms with E-state index in [0.717, 1.165) is 8.96 Å². The molecule has 9 nitrogen and oxygen atoms in total. The molecule has 0 fully saturated rings. The Labute approximate surface area is 191 Å². The SMILES string of the molecule is C=C(N=C/C(Br)=C\C)OCCOc1ncnc(NS(N)(=O)=O)c1-c1ccc(Br)cc1. The lowest BCUT2D eigenvalue weighted by atomic mass is 10.1. The number of anilines is 1. The number of aromatic nitrogens is 2. The number of nitrogens with zero attached hydrogens (tertiary/aromatic N) is 3. The van der Waals surface area contributed by atoms with Crippen molar-refractivity contribution in [1.82, 2.24) is 9.97 Å². The standard InChI is InChI=1S/C18H19Br2N5O4S/c1-3-14(19)10-22-12(2)28-8-9-29-18-16(13-4-6-15(20)7-5-13)17(23-11-24-18)25-30(21,26)27/h3-7,10-11H,2,8-9H2,1H3,(H2,21,26,27)(H,23,24,25)/b14-3+,22-10?. The van der Waals surface area contributed by atoms with Gasteiger partial charge in [0.1, 0.15) is 19.5 Å². The van der Waals surface area contributed by atoms with Gasteiger partial charge in [-0.05, 0) is 47.1 Å². The monoisotopic (exact) mass is 559 g/mol. The zero-order valence-electron chi connectivity index (χ0n) is 15.9. The number of nitrogens with two attached hydrogens (primary N) is 1. The molecule has 30 heavy (non-hydrogen) atoms. The molecule has 0 saturated heterocycles. The second-order valence-electron chi connectivity index (χ2n) is 5.58. The van der Waals surface area contributed by atoms with Gasteiger partial charge in [-0.25, -0.2) is 20.1 Å². The van der Waals surface area contributed by atoms with E-state index >= 15 is 0 Å². The first kappa shape index (κ1) is 24.0. The maximum Gasteiger partial charge on any atom is 0.297 e. The predicted molar refractivity (Wildman–Crippen MR) is 124 cm³/mol. The second-order valence-corrected chi connectivity index (χ2v) is 8.70. The van der Waals surface area contributed by atoms with Crippen molar-refractivity contribution in [2.45, 2.75) is 6.92 Å². The molecule has 0 unspecified atom stereocenters. The summed E-state index contributed by atoms with van der Waals surface area (Å²) in [6.07, 6.45) is 4.56. The molecule has 0 aliphatic heterocycles. The first-order chi connectivity index (χ1) is 14.2. The van der Waals surface area contributed by atoms with Crippen molar-refractivity contribution in [2.24, 2.45) is 10.1 Å². The molecule has 0 aliphatic carbocycles. The van der Waals surface area contributed by atoms with Gasteiger partial charge in [-0.2, -0.15) is 8.42 Å². The molecular formula is C18H19Br2N5O4S. The van der Waals surface area contributed by atoms with E-state index in [-0.39, 0.29) is 30.8 Å². The van der Waals surface area contributed by atoms with Crippen LogP contribution in [0.2, 0.25) is 0 Å². The van der Waals surface area contributed by atoms with E-state index in [1.807, 2.05) is 13.0 Å². The Morgan fingerprint density at radius 1 is 1.30 bits per heavy atom. The zero-order valence-corrected chi connectivity index (χ0v) is 19.9. The van der Waals surface area contributed by atoms with Crippen LogP contribution in [0.4, 0.5) is 5.82 Å². The minimum absolute atomic E-state index is 0.00375. The number of nitrogens with one attached hydrogen (secondary N) is 1. The van der Waals surface area contributed by atoms with Crippen LogP contribution in [0.1, 0.15) is 6.92 Å². The van der Waals surface area contributed by atoms with E-state index in [2.05, 4.69) is 58.1 Å². The van der Waals surface area contributed by atoms with E-state index in [0.29, 0.717) is 11.1 Å². The van der Waals surface area contributed by atoms with Crippen LogP contribution in [0.25, 0.3) is 11.1 Å². The van der Waals surface area contributed by atoms with Crippen LogP contribution < -0.4 is 14.6 Å². The molecule has 0 spiro atoms. The Kier molecular flexibility index (Phi) is 8.96. The highest BCUT2D eigenvalue weighted by atomic mass is 79.9. The largest absolute Gasteiger partial charge is 0.474 e. The molecule has 1 aromatic carbocycles. The van der Waals surface area contributed by atoms with Crippen LogP contribution in [-0.2, 0) is 14.9 Å². The Bertz CT molecular complexity index is 1060. The summed E-state index contributed by atoms with van der Waals surface area (Å²) in [6.45, 7) is 5.80. The highest BCUT2D eigenvalue weighted by Crippen LogP contribution is 2.34. The summed E-state index contributed by atoms with van der Waals surface area (Å²) in [6, 6.07) is 7.11. The van der Waals surface area contributed by atoms with Gasteiger partial charge in [0.25, 0.3) is 10.2 Å². The number of halogens is 2. The summed E-state index contributed by atoms with van der Waals surface area (Å²) >= 11 is 6.65. The first-order valence-corrected chi connectivity index (χ1v) is 11.5. The number of rotatable bonds is 10. The molecule has 2 rings (SSSR count). The zero-order chi connectivity index (χ0) is 22.1. The molecule has 3 N–H and O–H groups in total. The van der Waals surface area contributed by atoms with Gasteiger partial charge < -0.3 is 9.47 Å². The van der Waals surface area contributed by atoms with Crippen LogP contribution in [0.5, 0.6) is 5.88 Å². The number of allylic oxidation sites excluding steroid dienone is 2. The topological polar surface area (TPSA) is 129 Å². The number of hydrogen-bond acceptors (Lipinski definition) is 7. The third-order valence-electron chi connectivity index (χ3n) is 3.38. The molecule has 0 radical (unpaired) electrons. The molecule has 0 amide bonds. The Morgan fingerprint density at radius 3 is 2.63 bits per heavy atom. The quantitative estimate of drug-likeness (QED) is 0.258. The maximum absolute atomic E-state index is 11.5. The van der Waals surface area contributed by atoms with Gasteiger partial charge in [-0.3, -0.25) is 4.72 Å². The summed E-state index contributed by atoms with van der Waals surface area (Å²) in [7, 11) is -4.05. The van der Waals surface area contributed by atoms with Crippen molar-refractivity contribution in [2.75, 3.05) is 17.9 Å². The summed E-state index contributed by atoms with van der Waals surface area (Å²) in [4.78, 5) is 12.1. The molecule has 12 heteroatoms. The highest BCUT2D eigenvalue weighted by molar-refractivity contribution is 9.12. The van der Waals surface area contributed by atoms with Gasteiger partial charge in [0, 0.05) is 15.2 Å². The highest BCUT2D eigenvalue weighted by Gasteiger charge is 2.18. The number of ether oxygens (including phenoxy) is 2. The van der Waals surface area contributed by atoms with Crippen molar-refractivity contribution in [3.63, 3.8) is 0 Å². The second kappa shape index (κ2) is 11.2. The first-order valence-electron chi connectivity index (χ1n) is 8.41. The van der Waals surface area contributed by atoms with Gasteiger partial charge in [-0.15, -0.1) is 0 Å². The molecular weight excluding hydrogens is 542 g/mol. The third kappa shape index (κ3) is 7.86. The minimum atomic E-state index is -4.05. The van der Waals surface area contributed by atoms with E-state index in [1.54, 1.807) is 30.5 Å². The van der Waals surface area contributed by atoms with E-state index in [4.69, 9.17) is 14.6 Å². The van der Waals surface area contributed by atoms with Crippen molar-refractivity contribution in [3.8, 4) is 17.0 Å². The fourth-order valence-electron chi connectivity index (χ4n) is 2.11. The smallest absolute Gasteiger partial charge is 0.297 e. The van der Waals surface area contributed by atoms with Crippen molar-refractivity contribution >= 4 is 54.1 Å². The lowest BCUT2D eigenvalue weighted by Gasteiger charge is -2.14. The van der Waals surface area contributed by atoms with Crippen LogP contribution in [0.15, 0.2) is 63.1 Å². The molecule has 0 atom stereocenters. The summed E-state index contributed by atoms with van der Waals surface area (Å²) in [5, 5.41) is 5.11. The Balaban J connectivity index is 2.17. The fourth-order valence-corrected chi connectivity index (χ4v) is 2.90. The normalized spacial score (nSPS) is 12.1. The molecule has 2 aromatic rings. The van der Waals surface area contributed by atoms with E-state index in [1.165, 1.54) is 6.33 Å². The van der Waals surface area contributed by atoms with E-state index < -0.39 is 10.2 Å². The molecule has 0 aliphatic rings. The van der Waals surface area contributed by atoms with Crippen LogP contribution in [-0.4, -0.2) is 37.8 Å². The van der Waals surface area contributed by atoms with Gasteiger partial charge in [0.05, 0.1) is 5.56 Å². The third-order valence-corrected chi connectivity index (χ3v) is 5.05. The molecule has 0 bridgehead atoms. The lowest BCUT2D eigenvalue weighted by Crippen LogP contribution is -2.23. The summed E-state index contributed by atoms with van der Waals surface area (Å²) < 4.78 is 37.9. The van der Waals surface area contributed by atoms with Gasteiger partial charge in [0.15, 0.2) is 5.82 Å². The van der Waals surface area contributed by atoms with Crippen LogP contribution >= 0.6 is 31.9 Å². The number of hydrogen-bond donors (Lipinski definition) is 2. The molecule has 1 heterocycles. The van der Waals surface area contributed by atoms with E-state index in [9.17, 15) is 8.42 Å². The average Bonchev–Trinajstić information content (AvgIpc) is 2.69. The minimum Gasteiger partial charge on any atom is -0.474 e. The van der Waals surface area contributed by atoms with Crippen molar-refractivity contribution < 1.29 is 17.9 Å². The average molecular weight is 561 g/mol. The summed E-state index contributed by atoms with van der Waals surface area (Å²) in [5.74, 6) is 0.369. The van der Waals surface area contributed by atoms with Crippen LogP contribution in [0.3, 0.4) is 0 Å². The van der Waals surface area contributed by atoms with Crippen molar-refractivity contribution in [1.29, 1.82) is 0 Å². The predicted octanol–water partition coefficient (Wildman–Crippen LogP) is 3.76. The molecule has 1 aromatic heterocycles. The maximum atomic E-state index is 11.5. The Morgan fingerprint density at radius 2 is 2.00 bits per heavy atom. The number of benzene rings is 1. The van der Waals surface area contributed by atoms with Gasteiger partial charge in [0.2, 0.25) is 11.8 Å². The lowest BCUT2D eigenvalue weighted by molar-refractivity contribution is 0.153. The molecule has 160 valence electrons. The fraction of sp³-hybridized carbons (Fsp3) is 0.167. The van der Waals surface area contributed by atoms with Crippen molar-refractivity contribution in [3.05, 3.63) is 58.1 Å². The van der Waals surface area contributed by atoms with Gasteiger partial charge >= 0.3 is 0 Å². The summed E-state index contributed by atoms with van der Waals surface area (Å²) in [5.41, 5.74) is 0.971. The Hall–Kier alpha value is -2.28. The molecule has 0 saturated carbocycles.